The number of carbonyl (C=O) groups is 1. The Morgan fingerprint density at radius 1 is 1.88 bits per heavy atom. The van der Waals surface area contributed by atoms with Crippen LogP contribution in [-0.2, 0) is 4.79 Å². The van der Waals surface area contributed by atoms with E-state index in [4.69, 9.17) is 28.9 Å². The van der Waals surface area contributed by atoms with E-state index in [9.17, 15) is 4.79 Å². The van der Waals surface area contributed by atoms with Crippen molar-refractivity contribution in [1.29, 1.82) is 0 Å². The van der Waals surface area contributed by atoms with E-state index in [1.807, 2.05) is 0 Å². The Kier molecular flexibility index (Phi) is 2.57. The molecule has 48 valence electrons. The molecule has 0 fully saturated rings. The van der Waals surface area contributed by atoms with Gasteiger partial charge in [-0.3, -0.25) is 4.79 Å². The van der Waals surface area contributed by atoms with E-state index in [1.165, 1.54) is 6.92 Å². The van der Waals surface area contributed by atoms with Crippen LogP contribution in [0.15, 0.2) is 0 Å². The maximum Gasteiger partial charge on any atom is 0.239 e. The Morgan fingerprint density at radius 2 is 2.25 bits per heavy atom. The topological polar surface area (TPSA) is 43.1 Å². The summed E-state index contributed by atoms with van der Waals surface area (Å²) in [4.78, 5) is 9.18. The Morgan fingerprint density at radius 3 is 2.25 bits per heavy atom. The van der Waals surface area contributed by atoms with Gasteiger partial charge in [0.1, 0.15) is 4.87 Å². The van der Waals surface area contributed by atoms with Crippen LogP contribution in [0.5, 0.6) is 0 Å². The van der Waals surface area contributed by atoms with Crippen molar-refractivity contribution in [2.75, 3.05) is 5.88 Å². The van der Waals surface area contributed by atoms with Crippen molar-refractivity contribution in [1.82, 2.24) is 0 Å². The molecule has 0 aromatic rings. The van der Waals surface area contributed by atoms with E-state index < -0.39 is 10.8 Å². The lowest BCUT2D eigenvalue weighted by atomic mass is 10.2. The number of nitrogens with two attached hydrogens (primary N) is 1. The van der Waals surface area contributed by atoms with E-state index in [1.54, 1.807) is 0 Å². The molecule has 0 rings (SSSR count). The standard InChI is InChI=1S/C4H7Cl2NO/c1-4(6,2-5)3(7)8/h2H2,1H3,(H2,7,8)/t4-/m0/s1. The molecule has 1 atom stereocenters. The molecule has 0 saturated heterocycles. The molecule has 4 heteroatoms. The van der Waals surface area contributed by atoms with Crippen molar-refractivity contribution in [2.45, 2.75) is 11.8 Å². The first kappa shape index (κ1) is 8.05. The van der Waals surface area contributed by atoms with Crippen molar-refractivity contribution in [2.24, 2.45) is 5.73 Å². The minimum Gasteiger partial charge on any atom is -0.368 e. The molecule has 0 aliphatic rings. The summed E-state index contributed by atoms with van der Waals surface area (Å²) < 4.78 is 0. The zero-order valence-corrected chi connectivity index (χ0v) is 5.96. The highest BCUT2D eigenvalue weighted by atomic mass is 35.5. The smallest absolute Gasteiger partial charge is 0.239 e. The van der Waals surface area contributed by atoms with E-state index in [-0.39, 0.29) is 5.88 Å². The summed E-state index contributed by atoms with van der Waals surface area (Å²) in [7, 11) is 0. The first-order valence-electron chi connectivity index (χ1n) is 2.05. The van der Waals surface area contributed by atoms with E-state index in [2.05, 4.69) is 0 Å². The summed E-state index contributed by atoms with van der Waals surface area (Å²) in [5, 5.41) is 0. The molecular formula is C4H7Cl2NO. The fraction of sp³-hybridized carbons (Fsp3) is 0.750. The van der Waals surface area contributed by atoms with Crippen molar-refractivity contribution in [3.05, 3.63) is 0 Å². The monoisotopic (exact) mass is 155 g/mol. The Balaban J connectivity index is 3.91. The third kappa shape index (κ3) is 1.88. The predicted octanol–water partition coefficient (Wildman–Crippen LogP) is 0.708. The second-order valence-corrected chi connectivity index (χ2v) is 2.80. The van der Waals surface area contributed by atoms with Crippen molar-refractivity contribution in [3.63, 3.8) is 0 Å². The fourth-order valence-electron chi connectivity index (χ4n) is 0.0659. The van der Waals surface area contributed by atoms with Gasteiger partial charge in [-0.2, -0.15) is 0 Å². The molecule has 8 heavy (non-hydrogen) atoms. The van der Waals surface area contributed by atoms with Crippen LogP contribution in [0.4, 0.5) is 0 Å². The molecule has 0 aliphatic heterocycles. The Labute approximate surface area is 57.9 Å². The van der Waals surface area contributed by atoms with Crippen LogP contribution in [0, 0.1) is 0 Å². The molecule has 2 N–H and O–H groups in total. The summed E-state index contributed by atoms with van der Waals surface area (Å²) in [6, 6.07) is 0. The van der Waals surface area contributed by atoms with E-state index in [0.717, 1.165) is 0 Å². The zero-order valence-electron chi connectivity index (χ0n) is 4.45. The average molecular weight is 156 g/mol. The van der Waals surface area contributed by atoms with Gasteiger partial charge in [0.25, 0.3) is 0 Å². The van der Waals surface area contributed by atoms with Gasteiger partial charge < -0.3 is 5.73 Å². The number of primary amides is 1. The molecule has 1 amide bonds. The molecule has 0 bridgehead atoms. The zero-order chi connectivity index (χ0) is 6.78. The predicted molar refractivity (Wildman–Crippen MR) is 34.2 cm³/mol. The van der Waals surface area contributed by atoms with Crippen molar-refractivity contribution >= 4 is 29.1 Å². The quantitative estimate of drug-likeness (QED) is 0.587. The number of amides is 1. The van der Waals surface area contributed by atoms with Gasteiger partial charge in [-0.25, -0.2) is 0 Å². The maximum absolute atomic E-state index is 10.3. The highest BCUT2D eigenvalue weighted by Gasteiger charge is 2.26. The number of rotatable bonds is 2. The van der Waals surface area contributed by atoms with Crippen LogP contribution in [0.1, 0.15) is 6.92 Å². The molecular weight excluding hydrogens is 149 g/mol. The third-order valence-corrected chi connectivity index (χ3v) is 1.76. The highest BCUT2D eigenvalue weighted by Crippen LogP contribution is 2.14. The van der Waals surface area contributed by atoms with Gasteiger partial charge in [-0.15, -0.1) is 23.2 Å². The van der Waals surface area contributed by atoms with Gasteiger partial charge in [0, 0.05) is 0 Å². The van der Waals surface area contributed by atoms with Crippen LogP contribution >= 0.6 is 23.2 Å². The minimum atomic E-state index is -1.08. The normalized spacial score (nSPS) is 17.4. The molecule has 0 unspecified atom stereocenters. The molecule has 0 radical (unpaired) electrons. The maximum atomic E-state index is 10.3. The molecule has 0 spiro atoms. The van der Waals surface area contributed by atoms with E-state index >= 15 is 0 Å². The number of carbonyl (C=O) groups excluding carboxylic acids is 1. The lowest BCUT2D eigenvalue weighted by Crippen LogP contribution is -2.37. The third-order valence-electron chi connectivity index (χ3n) is 0.765. The first-order chi connectivity index (χ1) is 3.50. The molecule has 2 nitrogen and oxygen atoms in total. The van der Waals surface area contributed by atoms with Gasteiger partial charge in [-0.1, -0.05) is 0 Å². The van der Waals surface area contributed by atoms with Crippen LogP contribution < -0.4 is 5.73 Å². The van der Waals surface area contributed by atoms with Crippen LogP contribution in [0.3, 0.4) is 0 Å². The van der Waals surface area contributed by atoms with Gasteiger partial charge in [-0.05, 0) is 6.92 Å². The second kappa shape index (κ2) is 2.55. The van der Waals surface area contributed by atoms with Gasteiger partial charge in [0.05, 0.1) is 5.88 Å². The summed E-state index contributed by atoms with van der Waals surface area (Å²) in [5.74, 6) is -0.543. The summed E-state index contributed by atoms with van der Waals surface area (Å²) in [6.45, 7) is 1.48. The van der Waals surface area contributed by atoms with Crippen LogP contribution in [-0.4, -0.2) is 16.7 Å². The number of halogens is 2. The molecule has 0 heterocycles. The Bertz CT molecular complexity index is 102. The number of alkyl halides is 2. The number of hydrogen-bond donors (Lipinski definition) is 1. The SMILES string of the molecule is C[C@](Cl)(CCl)C(N)=O. The minimum absolute atomic E-state index is 0.0455. The molecule has 0 saturated carbocycles. The molecule has 0 aromatic heterocycles. The summed E-state index contributed by atoms with van der Waals surface area (Å²) in [5.41, 5.74) is 4.83. The highest BCUT2D eigenvalue weighted by molar-refractivity contribution is 6.39. The van der Waals surface area contributed by atoms with Crippen LogP contribution in [0.2, 0.25) is 0 Å². The lowest BCUT2D eigenvalue weighted by Gasteiger charge is -2.11. The summed E-state index contributed by atoms with van der Waals surface area (Å²) >= 11 is 10.7. The first-order valence-corrected chi connectivity index (χ1v) is 2.97. The van der Waals surface area contributed by atoms with Gasteiger partial charge in [0.2, 0.25) is 5.91 Å². The number of hydrogen-bond acceptors (Lipinski definition) is 1. The molecule has 0 aromatic carbocycles. The van der Waals surface area contributed by atoms with Gasteiger partial charge in [0.15, 0.2) is 0 Å². The lowest BCUT2D eigenvalue weighted by molar-refractivity contribution is -0.119. The second-order valence-electron chi connectivity index (χ2n) is 1.70. The van der Waals surface area contributed by atoms with Gasteiger partial charge >= 0.3 is 0 Å². The van der Waals surface area contributed by atoms with Crippen LogP contribution in [0.25, 0.3) is 0 Å². The van der Waals surface area contributed by atoms with Crippen molar-refractivity contribution in [3.8, 4) is 0 Å². The Hall–Kier alpha value is 0.0500. The fourth-order valence-corrected chi connectivity index (χ4v) is 0.198. The average Bonchev–Trinajstić information content (AvgIpc) is 1.67. The summed E-state index contributed by atoms with van der Waals surface area (Å²) in [6.07, 6.45) is 0. The van der Waals surface area contributed by atoms with Crippen molar-refractivity contribution < 1.29 is 4.79 Å². The van der Waals surface area contributed by atoms with E-state index in [0.29, 0.717) is 0 Å². The molecule has 0 aliphatic carbocycles. The largest absolute Gasteiger partial charge is 0.368 e.